The second kappa shape index (κ2) is 8.40. The number of ether oxygens (including phenoxy) is 1. The first-order valence-corrected chi connectivity index (χ1v) is 9.84. The fraction of sp³-hybridized carbons (Fsp3) is 0.238. The second-order valence-electron chi connectivity index (χ2n) is 6.78. The molecule has 0 saturated carbocycles. The van der Waals surface area contributed by atoms with Crippen molar-refractivity contribution in [1.82, 2.24) is 4.98 Å². The lowest BCUT2D eigenvalue weighted by molar-refractivity contribution is -0.386. The number of aryl methyl sites for hydroxylation is 3. The summed E-state index contributed by atoms with van der Waals surface area (Å²) in [4.78, 5) is 29.2. The van der Waals surface area contributed by atoms with Gasteiger partial charge >= 0.3 is 5.69 Å². The first-order valence-electron chi connectivity index (χ1n) is 8.96. The number of carbonyl (C=O) groups is 1. The Morgan fingerprint density at radius 3 is 2.52 bits per heavy atom. The van der Waals surface area contributed by atoms with Crippen LogP contribution in [0.4, 0.5) is 16.5 Å². The quantitative estimate of drug-likeness (QED) is 0.409. The normalized spacial score (nSPS) is 10.6. The van der Waals surface area contributed by atoms with E-state index in [1.54, 1.807) is 29.3 Å². The van der Waals surface area contributed by atoms with E-state index in [1.165, 1.54) is 24.3 Å². The number of hydrogen-bond acceptors (Lipinski definition) is 6. The monoisotopic (exact) mass is 411 g/mol. The number of amides is 1. The van der Waals surface area contributed by atoms with E-state index in [-0.39, 0.29) is 24.0 Å². The maximum atomic E-state index is 12.3. The van der Waals surface area contributed by atoms with Crippen molar-refractivity contribution in [2.75, 3.05) is 4.90 Å². The number of nitrogens with zero attached hydrogens (tertiary/aromatic N) is 3. The molecule has 0 radical (unpaired) electrons. The molecular formula is C21H21N3O4S. The highest BCUT2D eigenvalue weighted by Crippen LogP contribution is 2.33. The van der Waals surface area contributed by atoms with Crippen LogP contribution in [0, 0.1) is 30.9 Å². The van der Waals surface area contributed by atoms with Crippen LogP contribution in [-0.2, 0) is 11.4 Å². The van der Waals surface area contributed by atoms with Crippen molar-refractivity contribution in [2.45, 2.75) is 34.3 Å². The van der Waals surface area contributed by atoms with Crippen molar-refractivity contribution in [3.8, 4) is 5.75 Å². The maximum absolute atomic E-state index is 12.3. The molecule has 0 aliphatic carbocycles. The number of benzene rings is 2. The summed E-state index contributed by atoms with van der Waals surface area (Å²) in [6, 6.07) is 10.7. The molecular weight excluding hydrogens is 390 g/mol. The van der Waals surface area contributed by atoms with E-state index in [1.807, 2.05) is 32.0 Å². The fourth-order valence-corrected chi connectivity index (χ4v) is 3.84. The molecule has 0 unspecified atom stereocenters. The summed E-state index contributed by atoms with van der Waals surface area (Å²) in [5.74, 6) is 0.0425. The van der Waals surface area contributed by atoms with Crippen LogP contribution in [0.25, 0.3) is 0 Å². The minimum atomic E-state index is -0.466. The molecule has 8 heteroatoms. The first-order chi connectivity index (χ1) is 13.8. The molecule has 0 bridgehead atoms. The van der Waals surface area contributed by atoms with Gasteiger partial charge in [0, 0.05) is 18.4 Å². The highest BCUT2D eigenvalue weighted by Gasteiger charge is 2.20. The molecule has 0 N–H and O–H groups in total. The molecule has 2 aromatic carbocycles. The lowest BCUT2D eigenvalue weighted by atomic mass is 10.1. The molecule has 150 valence electrons. The van der Waals surface area contributed by atoms with Crippen LogP contribution in [0.3, 0.4) is 0 Å². The van der Waals surface area contributed by atoms with Crippen molar-refractivity contribution < 1.29 is 14.5 Å². The van der Waals surface area contributed by atoms with Crippen LogP contribution < -0.4 is 9.64 Å². The molecule has 0 aliphatic rings. The molecule has 0 aliphatic heterocycles. The van der Waals surface area contributed by atoms with Gasteiger partial charge in [0.15, 0.2) is 10.9 Å². The number of thiazole rings is 1. The Morgan fingerprint density at radius 2 is 1.86 bits per heavy atom. The zero-order valence-corrected chi connectivity index (χ0v) is 17.4. The number of aromatic nitrogens is 1. The third kappa shape index (κ3) is 4.60. The minimum absolute atomic E-state index is 0.0685. The number of rotatable bonds is 6. The van der Waals surface area contributed by atoms with Gasteiger partial charge in [0.2, 0.25) is 5.91 Å². The highest BCUT2D eigenvalue weighted by molar-refractivity contribution is 7.14. The average Bonchev–Trinajstić information content (AvgIpc) is 3.10. The Kier molecular flexibility index (Phi) is 5.93. The predicted octanol–water partition coefficient (Wildman–Crippen LogP) is 5.24. The summed E-state index contributed by atoms with van der Waals surface area (Å²) in [6.45, 7) is 7.29. The lowest BCUT2D eigenvalue weighted by Gasteiger charge is -2.20. The van der Waals surface area contributed by atoms with Crippen molar-refractivity contribution in [1.29, 1.82) is 0 Å². The molecule has 1 amide bonds. The van der Waals surface area contributed by atoms with Crippen molar-refractivity contribution >= 4 is 33.8 Å². The molecule has 3 aromatic rings. The van der Waals surface area contributed by atoms with Crippen LogP contribution in [0.1, 0.15) is 29.3 Å². The Hall–Kier alpha value is -3.26. The Bertz CT molecular complexity index is 1080. The van der Waals surface area contributed by atoms with Gasteiger partial charge in [-0.3, -0.25) is 19.8 Å². The summed E-state index contributed by atoms with van der Waals surface area (Å²) in [6.07, 6.45) is 0. The van der Waals surface area contributed by atoms with Gasteiger partial charge in [-0.1, -0.05) is 23.8 Å². The van der Waals surface area contributed by atoms with Crippen molar-refractivity contribution in [3.05, 3.63) is 74.3 Å². The fourth-order valence-electron chi connectivity index (χ4n) is 2.97. The molecule has 7 nitrogen and oxygen atoms in total. The summed E-state index contributed by atoms with van der Waals surface area (Å²) in [5, 5.41) is 13.5. The number of carbonyl (C=O) groups excluding carboxylic acids is 1. The van der Waals surface area contributed by atoms with Crippen LogP contribution in [-0.4, -0.2) is 15.8 Å². The van der Waals surface area contributed by atoms with E-state index in [4.69, 9.17) is 4.74 Å². The van der Waals surface area contributed by atoms with Crippen LogP contribution >= 0.6 is 11.3 Å². The number of nitro groups is 1. The topological polar surface area (TPSA) is 85.6 Å². The highest BCUT2D eigenvalue weighted by atomic mass is 32.1. The molecule has 0 saturated heterocycles. The van der Waals surface area contributed by atoms with Gasteiger partial charge in [0.1, 0.15) is 6.61 Å². The standard InChI is InChI=1S/C21H21N3O4S/c1-13-5-7-18(15(3)9-13)23(16(4)25)21-22-17(12-29-21)11-28-20-8-6-14(2)10-19(20)24(26)27/h5-10,12H,11H2,1-4H3. The molecule has 0 fully saturated rings. The largest absolute Gasteiger partial charge is 0.480 e. The van der Waals surface area contributed by atoms with Crippen molar-refractivity contribution in [2.24, 2.45) is 0 Å². The van der Waals surface area contributed by atoms with Crippen LogP contribution in [0.2, 0.25) is 0 Å². The Morgan fingerprint density at radius 1 is 1.17 bits per heavy atom. The second-order valence-corrected chi connectivity index (χ2v) is 7.62. The third-order valence-electron chi connectivity index (χ3n) is 4.33. The Labute approximate surface area is 172 Å². The van der Waals surface area contributed by atoms with Gasteiger partial charge in [-0.25, -0.2) is 4.98 Å². The third-order valence-corrected chi connectivity index (χ3v) is 5.20. The molecule has 3 rings (SSSR count). The number of nitro benzene ring substituents is 1. The molecule has 1 aromatic heterocycles. The summed E-state index contributed by atoms with van der Waals surface area (Å²) in [5.41, 5.74) is 4.16. The van der Waals surface area contributed by atoms with E-state index in [0.29, 0.717) is 10.8 Å². The summed E-state index contributed by atoms with van der Waals surface area (Å²) >= 11 is 1.32. The van der Waals surface area contributed by atoms with Gasteiger partial charge in [0.25, 0.3) is 0 Å². The van der Waals surface area contributed by atoms with Gasteiger partial charge in [-0.15, -0.1) is 11.3 Å². The maximum Gasteiger partial charge on any atom is 0.311 e. The summed E-state index contributed by atoms with van der Waals surface area (Å²) < 4.78 is 5.64. The molecule has 29 heavy (non-hydrogen) atoms. The van der Waals surface area contributed by atoms with Gasteiger partial charge in [-0.2, -0.15) is 0 Å². The van der Waals surface area contributed by atoms with E-state index in [2.05, 4.69) is 4.98 Å². The Balaban J connectivity index is 1.83. The van der Waals surface area contributed by atoms with E-state index in [9.17, 15) is 14.9 Å². The smallest absolute Gasteiger partial charge is 0.311 e. The van der Waals surface area contributed by atoms with Gasteiger partial charge in [0.05, 0.1) is 16.3 Å². The van der Waals surface area contributed by atoms with Crippen LogP contribution in [0.15, 0.2) is 41.8 Å². The predicted molar refractivity (Wildman–Crippen MR) is 113 cm³/mol. The molecule has 0 spiro atoms. The zero-order valence-electron chi connectivity index (χ0n) is 16.6. The molecule has 0 atom stereocenters. The number of hydrogen-bond donors (Lipinski definition) is 0. The van der Waals surface area contributed by atoms with E-state index >= 15 is 0 Å². The van der Waals surface area contributed by atoms with Crippen molar-refractivity contribution in [3.63, 3.8) is 0 Å². The molecule has 1 heterocycles. The van der Waals surface area contributed by atoms with Crippen LogP contribution in [0.5, 0.6) is 5.75 Å². The number of anilines is 2. The SMILES string of the molecule is CC(=O)N(c1nc(COc2ccc(C)cc2[N+](=O)[O-])cs1)c1ccc(C)cc1C. The lowest BCUT2D eigenvalue weighted by Crippen LogP contribution is -2.23. The van der Waals surface area contributed by atoms with E-state index < -0.39 is 4.92 Å². The summed E-state index contributed by atoms with van der Waals surface area (Å²) in [7, 11) is 0. The van der Waals surface area contributed by atoms with Gasteiger partial charge < -0.3 is 4.74 Å². The average molecular weight is 411 g/mol. The van der Waals surface area contributed by atoms with Gasteiger partial charge in [-0.05, 0) is 44.0 Å². The zero-order chi connectivity index (χ0) is 21.1. The minimum Gasteiger partial charge on any atom is -0.480 e. The first kappa shape index (κ1) is 20.5. The van der Waals surface area contributed by atoms with E-state index in [0.717, 1.165) is 22.4 Å².